The zero-order valence-corrected chi connectivity index (χ0v) is 12.6. The highest BCUT2D eigenvalue weighted by Gasteiger charge is 2.19. The fourth-order valence-electron chi connectivity index (χ4n) is 2.74. The molecule has 0 radical (unpaired) electrons. The summed E-state index contributed by atoms with van der Waals surface area (Å²) in [5.41, 5.74) is 0.982. The first-order chi connectivity index (χ1) is 9.72. The van der Waals surface area contributed by atoms with Crippen LogP contribution >= 0.6 is 0 Å². The molecule has 4 nitrogen and oxygen atoms in total. The zero-order chi connectivity index (χ0) is 14.4. The smallest absolute Gasteiger partial charge is 0.123 e. The van der Waals surface area contributed by atoms with Crippen molar-refractivity contribution in [3.63, 3.8) is 0 Å². The molecule has 0 atom stereocenters. The van der Waals surface area contributed by atoms with Gasteiger partial charge in [0.05, 0.1) is 7.11 Å². The first-order valence-electron chi connectivity index (χ1n) is 7.52. The van der Waals surface area contributed by atoms with E-state index in [-0.39, 0.29) is 0 Å². The van der Waals surface area contributed by atoms with E-state index in [4.69, 9.17) is 4.74 Å². The molecule has 1 aromatic rings. The monoisotopic (exact) mass is 278 g/mol. The van der Waals surface area contributed by atoms with Crippen LogP contribution in [0, 0.1) is 5.92 Å². The maximum absolute atomic E-state index is 10.0. The molecule has 2 rings (SSSR count). The Kier molecular flexibility index (Phi) is 5.68. The molecule has 0 aliphatic carbocycles. The van der Waals surface area contributed by atoms with Crippen LogP contribution < -0.4 is 10.1 Å². The Bertz CT molecular complexity index is 415. The average Bonchev–Trinajstić information content (AvgIpc) is 2.48. The van der Waals surface area contributed by atoms with Crippen LogP contribution in [0.1, 0.15) is 25.3 Å². The SMILES string of the molecule is CCNCC1CCN(Cc2ccc(OC)cc2O)CC1. The molecule has 2 N–H and O–H groups in total. The van der Waals surface area contributed by atoms with E-state index in [2.05, 4.69) is 17.1 Å². The number of benzene rings is 1. The minimum Gasteiger partial charge on any atom is -0.507 e. The lowest BCUT2D eigenvalue weighted by Gasteiger charge is -2.32. The van der Waals surface area contributed by atoms with Gasteiger partial charge in [0.2, 0.25) is 0 Å². The summed E-state index contributed by atoms with van der Waals surface area (Å²) >= 11 is 0. The third kappa shape index (κ3) is 4.12. The number of phenols is 1. The summed E-state index contributed by atoms with van der Waals surface area (Å²) in [7, 11) is 1.61. The molecule has 1 aliphatic rings. The lowest BCUT2D eigenvalue weighted by Crippen LogP contribution is -2.36. The maximum atomic E-state index is 10.0. The summed E-state index contributed by atoms with van der Waals surface area (Å²) in [5.74, 6) is 1.84. The molecule has 1 aliphatic heterocycles. The number of nitrogens with one attached hydrogen (secondary N) is 1. The van der Waals surface area contributed by atoms with Gasteiger partial charge in [-0.1, -0.05) is 13.0 Å². The second kappa shape index (κ2) is 7.50. The lowest BCUT2D eigenvalue weighted by atomic mass is 9.96. The van der Waals surface area contributed by atoms with Gasteiger partial charge in [0.15, 0.2) is 0 Å². The van der Waals surface area contributed by atoms with E-state index in [0.29, 0.717) is 11.5 Å². The van der Waals surface area contributed by atoms with Gasteiger partial charge in [0.25, 0.3) is 0 Å². The van der Waals surface area contributed by atoms with Crippen molar-refractivity contribution in [3.8, 4) is 11.5 Å². The number of ether oxygens (including phenoxy) is 1. The van der Waals surface area contributed by atoms with Gasteiger partial charge in [0.1, 0.15) is 11.5 Å². The highest BCUT2D eigenvalue weighted by atomic mass is 16.5. The van der Waals surface area contributed by atoms with Crippen molar-refractivity contribution in [1.82, 2.24) is 10.2 Å². The quantitative estimate of drug-likeness (QED) is 0.837. The molecule has 0 bridgehead atoms. The molecule has 0 aromatic heterocycles. The normalized spacial score (nSPS) is 17.3. The molecule has 20 heavy (non-hydrogen) atoms. The number of piperidine rings is 1. The van der Waals surface area contributed by atoms with Gasteiger partial charge in [-0.3, -0.25) is 4.90 Å². The highest BCUT2D eigenvalue weighted by molar-refractivity contribution is 5.39. The number of rotatable bonds is 6. The molecule has 0 saturated carbocycles. The highest BCUT2D eigenvalue weighted by Crippen LogP contribution is 2.26. The number of hydrogen-bond donors (Lipinski definition) is 2. The number of phenolic OH excluding ortho intramolecular Hbond substituents is 1. The molecule has 112 valence electrons. The van der Waals surface area contributed by atoms with Crippen LogP contribution in [-0.4, -0.2) is 43.3 Å². The van der Waals surface area contributed by atoms with Crippen LogP contribution in [0.4, 0.5) is 0 Å². The van der Waals surface area contributed by atoms with E-state index in [1.807, 2.05) is 12.1 Å². The zero-order valence-electron chi connectivity index (χ0n) is 12.6. The van der Waals surface area contributed by atoms with Crippen molar-refractivity contribution in [2.75, 3.05) is 33.3 Å². The number of likely N-dealkylation sites (tertiary alicyclic amines) is 1. The summed E-state index contributed by atoms with van der Waals surface area (Å²) in [5, 5.41) is 13.4. The lowest BCUT2D eigenvalue weighted by molar-refractivity contribution is 0.174. The minimum atomic E-state index is 0.333. The van der Waals surface area contributed by atoms with Gasteiger partial charge >= 0.3 is 0 Å². The molecule has 1 aromatic carbocycles. The van der Waals surface area contributed by atoms with Crippen LogP contribution in [0.5, 0.6) is 11.5 Å². The van der Waals surface area contributed by atoms with E-state index in [1.54, 1.807) is 13.2 Å². The van der Waals surface area contributed by atoms with E-state index in [1.165, 1.54) is 12.8 Å². The molecular formula is C16H26N2O2. The molecule has 4 heteroatoms. The standard InChI is InChI=1S/C16H26N2O2/c1-3-17-11-13-6-8-18(9-7-13)12-14-4-5-15(20-2)10-16(14)19/h4-5,10,13,17,19H,3,6-9,11-12H2,1-2H3. The van der Waals surface area contributed by atoms with Crippen LogP contribution in [-0.2, 0) is 6.54 Å². The second-order valence-corrected chi connectivity index (χ2v) is 5.52. The van der Waals surface area contributed by atoms with Crippen LogP contribution in [0.15, 0.2) is 18.2 Å². The first kappa shape index (κ1) is 15.1. The minimum absolute atomic E-state index is 0.333. The van der Waals surface area contributed by atoms with Gasteiger partial charge in [-0.25, -0.2) is 0 Å². The molecule has 1 saturated heterocycles. The Morgan fingerprint density at radius 3 is 2.70 bits per heavy atom. The van der Waals surface area contributed by atoms with Gasteiger partial charge in [0, 0.05) is 18.2 Å². The Balaban J connectivity index is 1.83. The Morgan fingerprint density at radius 2 is 2.10 bits per heavy atom. The van der Waals surface area contributed by atoms with Crippen molar-refractivity contribution >= 4 is 0 Å². The first-order valence-corrected chi connectivity index (χ1v) is 7.52. The largest absolute Gasteiger partial charge is 0.507 e. The van der Waals surface area contributed by atoms with Crippen LogP contribution in [0.25, 0.3) is 0 Å². The van der Waals surface area contributed by atoms with E-state index in [0.717, 1.165) is 44.2 Å². The molecule has 1 fully saturated rings. The predicted molar refractivity (Wildman–Crippen MR) is 81.2 cm³/mol. The van der Waals surface area contributed by atoms with Gasteiger partial charge < -0.3 is 15.2 Å². The molecule has 0 amide bonds. The third-order valence-electron chi connectivity index (χ3n) is 4.08. The van der Waals surface area contributed by atoms with Gasteiger partial charge in [-0.05, 0) is 51.0 Å². The molecular weight excluding hydrogens is 252 g/mol. The Hall–Kier alpha value is -1.26. The van der Waals surface area contributed by atoms with Crippen molar-refractivity contribution in [3.05, 3.63) is 23.8 Å². The summed E-state index contributed by atoms with van der Waals surface area (Å²) in [6.07, 6.45) is 2.48. The van der Waals surface area contributed by atoms with Crippen molar-refractivity contribution in [2.24, 2.45) is 5.92 Å². The van der Waals surface area contributed by atoms with E-state index in [9.17, 15) is 5.11 Å². The molecule has 0 spiro atoms. The van der Waals surface area contributed by atoms with Crippen LogP contribution in [0.2, 0.25) is 0 Å². The van der Waals surface area contributed by atoms with Crippen molar-refractivity contribution in [2.45, 2.75) is 26.3 Å². The molecule has 1 heterocycles. The number of hydrogen-bond acceptors (Lipinski definition) is 4. The van der Waals surface area contributed by atoms with Gasteiger partial charge in [-0.2, -0.15) is 0 Å². The summed E-state index contributed by atoms with van der Waals surface area (Å²) < 4.78 is 5.11. The van der Waals surface area contributed by atoms with Crippen molar-refractivity contribution in [1.29, 1.82) is 0 Å². The topological polar surface area (TPSA) is 44.7 Å². The summed E-state index contributed by atoms with van der Waals surface area (Å²) in [6, 6.07) is 5.55. The maximum Gasteiger partial charge on any atom is 0.123 e. The summed E-state index contributed by atoms with van der Waals surface area (Å²) in [4.78, 5) is 2.42. The number of nitrogens with zero attached hydrogens (tertiary/aromatic N) is 1. The summed E-state index contributed by atoms with van der Waals surface area (Å²) in [6.45, 7) is 7.40. The Morgan fingerprint density at radius 1 is 1.35 bits per heavy atom. The third-order valence-corrected chi connectivity index (χ3v) is 4.08. The fraction of sp³-hybridized carbons (Fsp3) is 0.625. The Labute approximate surface area is 121 Å². The predicted octanol–water partition coefficient (Wildman–Crippen LogP) is 2.22. The average molecular weight is 278 g/mol. The fourth-order valence-corrected chi connectivity index (χ4v) is 2.74. The van der Waals surface area contributed by atoms with E-state index < -0.39 is 0 Å². The number of methoxy groups -OCH3 is 1. The second-order valence-electron chi connectivity index (χ2n) is 5.52. The van der Waals surface area contributed by atoms with E-state index >= 15 is 0 Å². The molecule has 0 unspecified atom stereocenters. The van der Waals surface area contributed by atoms with Crippen molar-refractivity contribution < 1.29 is 9.84 Å². The van der Waals surface area contributed by atoms with Crippen LogP contribution in [0.3, 0.4) is 0 Å². The number of aromatic hydroxyl groups is 1. The van der Waals surface area contributed by atoms with Gasteiger partial charge in [-0.15, -0.1) is 0 Å².